The third-order valence-electron chi connectivity index (χ3n) is 3.49. The van der Waals surface area contributed by atoms with Crippen molar-refractivity contribution < 1.29 is 4.39 Å². The van der Waals surface area contributed by atoms with Crippen molar-refractivity contribution in [1.29, 1.82) is 0 Å². The van der Waals surface area contributed by atoms with Crippen molar-refractivity contribution in [1.82, 2.24) is 0 Å². The van der Waals surface area contributed by atoms with Gasteiger partial charge >= 0.3 is 0 Å². The highest BCUT2D eigenvalue weighted by Gasteiger charge is 2.20. The van der Waals surface area contributed by atoms with Gasteiger partial charge in [-0.3, -0.25) is 0 Å². The quantitative estimate of drug-likeness (QED) is 0.849. The van der Waals surface area contributed by atoms with Gasteiger partial charge in [0.25, 0.3) is 0 Å². The Labute approximate surface area is 116 Å². The van der Waals surface area contributed by atoms with Crippen LogP contribution in [0.1, 0.15) is 11.1 Å². The zero-order valence-corrected chi connectivity index (χ0v) is 11.1. The molecule has 2 aromatic carbocycles. The Morgan fingerprint density at radius 1 is 1.26 bits per heavy atom. The van der Waals surface area contributed by atoms with Crippen molar-refractivity contribution in [2.45, 2.75) is 13.0 Å². The van der Waals surface area contributed by atoms with Crippen LogP contribution in [-0.4, -0.2) is 6.54 Å². The molecule has 0 fully saturated rings. The summed E-state index contributed by atoms with van der Waals surface area (Å²) in [5.74, 6) is -0.369. The standard InChI is InChI=1S/C15H14ClFN2/c16-15-11(2-1-3-13(15)17)9-19-7-6-10-4-5-12(18)8-14(10)19/h1-5,8H,6-7,9,18H2. The van der Waals surface area contributed by atoms with E-state index < -0.39 is 0 Å². The van der Waals surface area contributed by atoms with Gasteiger partial charge in [0.05, 0.1) is 5.02 Å². The average Bonchev–Trinajstić information content (AvgIpc) is 2.78. The van der Waals surface area contributed by atoms with Gasteiger partial charge in [-0.15, -0.1) is 0 Å². The first-order valence-corrected chi connectivity index (χ1v) is 6.59. The van der Waals surface area contributed by atoms with Crippen LogP contribution in [0.4, 0.5) is 15.8 Å². The van der Waals surface area contributed by atoms with Gasteiger partial charge in [0, 0.05) is 24.5 Å². The van der Waals surface area contributed by atoms with Crippen LogP contribution >= 0.6 is 11.6 Å². The molecule has 2 nitrogen and oxygen atoms in total. The molecule has 0 saturated carbocycles. The second kappa shape index (κ2) is 4.74. The fourth-order valence-electron chi connectivity index (χ4n) is 2.50. The van der Waals surface area contributed by atoms with Gasteiger partial charge in [0.1, 0.15) is 5.82 Å². The third-order valence-corrected chi connectivity index (χ3v) is 3.92. The largest absolute Gasteiger partial charge is 0.399 e. The van der Waals surface area contributed by atoms with E-state index in [4.69, 9.17) is 17.3 Å². The molecule has 1 heterocycles. The Hall–Kier alpha value is -1.74. The van der Waals surface area contributed by atoms with Gasteiger partial charge in [-0.2, -0.15) is 0 Å². The van der Waals surface area contributed by atoms with Crippen LogP contribution < -0.4 is 10.6 Å². The Bertz CT molecular complexity index is 628. The first-order chi connectivity index (χ1) is 9.15. The van der Waals surface area contributed by atoms with Gasteiger partial charge in [-0.25, -0.2) is 4.39 Å². The van der Waals surface area contributed by atoms with E-state index in [1.54, 1.807) is 6.07 Å². The van der Waals surface area contributed by atoms with Crippen molar-refractivity contribution in [3.05, 3.63) is 58.4 Å². The summed E-state index contributed by atoms with van der Waals surface area (Å²) in [6.45, 7) is 1.51. The summed E-state index contributed by atoms with van der Waals surface area (Å²) in [5, 5.41) is 0.208. The first kappa shape index (κ1) is 12.3. The van der Waals surface area contributed by atoms with Crippen molar-refractivity contribution in [3.8, 4) is 0 Å². The number of nitrogens with zero attached hydrogens (tertiary/aromatic N) is 1. The zero-order chi connectivity index (χ0) is 13.4. The molecule has 0 aliphatic carbocycles. The van der Waals surface area contributed by atoms with E-state index in [1.165, 1.54) is 11.6 Å². The van der Waals surface area contributed by atoms with E-state index in [-0.39, 0.29) is 10.8 Å². The number of nitrogens with two attached hydrogens (primary N) is 1. The molecule has 0 spiro atoms. The van der Waals surface area contributed by atoms with Gasteiger partial charge < -0.3 is 10.6 Å². The van der Waals surface area contributed by atoms with E-state index in [0.717, 1.165) is 29.9 Å². The van der Waals surface area contributed by atoms with Crippen LogP contribution in [0.2, 0.25) is 5.02 Å². The molecule has 0 bridgehead atoms. The number of benzene rings is 2. The highest BCUT2D eigenvalue weighted by molar-refractivity contribution is 6.31. The second-order valence-electron chi connectivity index (χ2n) is 4.77. The monoisotopic (exact) mass is 276 g/mol. The molecule has 19 heavy (non-hydrogen) atoms. The van der Waals surface area contributed by atoms with Crippen molar-refractivity contribution in [2.24, 2.45) is 0 Å². The summed E-state index contributed by atoms with van der Waals surface area (Å²) in [5.41, 5.74) is 9.78. The van der Waals surface area contributed by atoms with Crippen LogP contribution in [0, 0.1) is 5.82 Å². The Kier molecular flexibility index (Phi) is 3.07. The number of anilines is 2. The fraction of sp³-hybridized carbons (Fsp3) is 0.200. The minimum absolute atomic E-state index is 0.208. The molecule has 0 radical (unpaired) electrons. The molecule has 2 N–H and O–H groups in total. The Morgan fingerprint density at radius 2 is 2.11 bits per heavy atom. The minimum atomic E-state index is -0.369. The molecular formula is C15H14ClFN2. The van der Waals surface area contributed by atoms with Crippen molar-refractivity contribution in [3.63, 3.8) is 0 Å². The summed E-state index contributed by atoms with van der Waals surface area (Å²) < 4.78 is 13.4. The SMILES string of the molecule is Nc1ccc2c(c1)N(Cc1cccc(F)c1Cl)CC2. The van der Waals surface area contributed by atoms with Gasteiger partial charge in [0.2, 0.25) is 0 Å². The lowest BCUT2D eigenvalue weighted by Crippen LogP contribution is -2.20. The number of halogens is 2. The highest BCUT2D eigenvalue weighted by Crippen LogP contribution is 2.32. The van der Waals surface area contributed by atoms with Gasteiger partial charge in [-0.1, -0.05) is 29.8 Å². The zero-order valence-electron chi connectivity index (χ0n) is 10.4. The lowest BCUT2D eigenvalue weighted by Gasteiger charge is -2.20. The van der Waals surface area contributed by atoms with Crippen LogP contribution in [0.15, 0.2) is 36.4 Å². The molecule has 98 valence electrons. The molecule has 0 saturated heterocycles. The molecular weight excluding hydrogens is 263 g/mol. The summed E-state index contributed by atoms with van der Waals surface area (Å²) in [6, 6.07) is 10.9. The lowest BCUT2D eigenvalue weighted by atomic mass is 10.1. The number of fused-ring (bicyclic) bond motifs is 1. The maximum Gasteiger partial charge on any atom is 0.142 e. The Morgan fingerprint density at radius 3 is 2.95 bits per heavy atom. The molecule has 1 aliphatic rings. The van der Waals surface area contributed by atoms with Gasteiger partial charge in [0.15, 0.2) is 0 Å². The lowest BCUT2D eigenvalue weighted by molar-refractivity contribution is 0.625. The summed E-state index contributed by atoms with van der Waals surface area (Å²) in [7, 11) is 0. The fourth-order valence-corrected chi connectivity index (χ4v) is 2.69. The first-order valence-electron chi connectivity index (χ1n) is 6.21. The van der Waals surface area contributed by atoms with E-state index in [2.05, 4.69) is 11.0 Å². The van der Waals surface area contributed by atoms with Crippen LogP contribution in [0.3, 0.4) is 0 Å². The molecule has 4 heteroatoms. The maximum atomic E-state index is 13.4. The highest BCUT2D eigenvalue weighted by atomic mass is 35.5. The number of rotatable bonds is 2. The molecule has 0 atom stereocenters. The molecule has 1 aliphatic heterocycles. The van der Waals surface area contributed by atoms with E-state index in [9.17, 15) is 4.39 Å². The minimum Gasteiger partial charge on any atom is -0.399 e. The van der Waals surface area contributed by atoms with Crippen LogP contribution in [0.25, 0.3) is 0 Å². The molecule has 0 unspecified atom stereocenters. The molecule has 2 aromatic rings. The van der Waals surface area contributed by atoms with Crippen LogP contribution in [-0.2, 0) is 13.0 Å². The number of hydrogen-bond donors (Lipinski definition) is 1. The van der Waals surface area contributed by atoms with E-state index in [0.29, 0.717) is 6.54 Å². The van der Waals surface area contributed by atoms with Crippen molar-refractivity contribution >= 4 is 23.0 Å². The predicted molar refractivity (Wildman–Crippen MR) is 77.0 cm³/mol. The number of nitrogen functional groups attached to an aromatic ring is 1. The maximum absolute atomic E-state index is 13.4. The molecule has 3 rings (SSSR count). The smallest absolute Gasteiger partial charge is 0.142 e. The number of hydrogen-bond acceptors (Lipinski definition) is 2. The summed E-state index contributed by atoms with van der Waals surface area (Å²) in [6.07, 6.45) is 0.989. The summed E-state index contributed by atoms with van der Waals surface area (Å²) >= 11 is 6.00. The summed E-state index contributed by atoms with van der Waals surface area (Å²) in [4.78, 5) is 2.19. The topological polar surface area (TPSA) is 29.3 Å². The predicted octanol–water partition coefficient (Wildman–Crippen LogP) is 3.62. The van der Waals surface area contributed by atoms with E-state index in [1.807, 2.05) is 18.2 Å². The van der Waals surface area contributed by atoms with Crippen molar-refractivity contribution in [2.75, 3.05) is 17.2 Å². The average molecular weight is 277 g/mol. The normalized spacial score (nSPS) is 13.7. The molecule has 0 aromatic heterocycles. The van der Waals surface area contributed by atoms with Crippen LogP contribution in [0.5, 0.6) is 0 Å². The van der Waals surface area contributed by atoms with Gasteiger partial charge in [-0.05, 0) is 35.7 Å². The third kappa shape index (κ3) is 2.26. The Balaban J connectivity index is 1.90. The second-order valence-corrected chi connectivity index (χ2v) is 5.15. The molecule has 0 amide bonds. The van der Waals surface area contributed by atoms with E-state index >= 15 is 0 Å².